The Labute approximate surface area is 157 Å². The number of hydrogen-bond donors (Lipinski definition) is 2. The molecule has 0 spiro atoms. The molecule has 1 aliphatic heterocycles. The molecule has 2 heterocycles. The first-order chi connectivity index (χ1) is 13.1. The van der Waals surface area contributed by atoms with Crippen LogP contribution in [0, 0.1) is 0 Å². The van der Waals surface area contributed by atoms with E-state index in [4.69, 9.17) is 0 Å². The molecule has 138 valence electrons. The van der Waals surface area contributed by atoms with Gasteiger partial charge in [0, 0.05) is 30.2 Å². The predicted molar refractivity (Wildman–Crippen MR) is 104 cm³/mol. The first kappa shape index (κ1) is 17.3. The Morgan fingerprint density at radius 2 is 2.00 bits per heavy atom. The standard InChI is InChI=1S/C22H22N2O3/c1-2-14-4-3-5-19-17(12-23-21(14)19)11-20(25)24-9-8-15-6-7-16(22(26)27)10-18(15)13-24/h3-7,10,12,23H,2,8-9,11,13H2,1H3,(H,26,27). The average Bonchev–Trinajstić information content (AvgIpc) is 3.10. The van der Waals surface area contributed by atoms with Crippen molar-refractivity contribution in [2.24, 2.45) is 0 Å². The van der Waals surface area contributed by atoms with E-state index in [9.17, 15) is 14.7 Å². The fourth-order valence-electron chi connectivity index (χ4n) is 3.89. The van der Waals surface area contributed by atoms with Gasteiger partial charge in [0.25, 0.3) is 0 Å². The Morgan fingerprint density at radius 3 is 2.78 bits per heavy atom. The van der Waals surface area contributed by atoms with Crippen molar-refractivity contribution in [2.45, 2.75) is 32.7 Å². The minimum absolute atomic E-state index is 0.0733. The normalized spacial score (nSPS) is 13.6. The molecule has 0 saturated carbocycles. The number of carboxylic acids is 1. The van der Waals surface area contributed by atoms with Gasteiger partial charge in [-0.15, -0.1) is 0 Å². The van der Waals surface area contributed by atoms with Crippen LogP contribution < -0.4 is 0 Å². The molecule has 1 amide bonds. The molecule has 0 unspecified atom stereocenters. The molecule has 27 heavy (non-hydrogen) atoms. The number of H-pyrrole nitrogens is 1. The molecule has 0 bridgehead atoms. The van der Waals surface area contributed by atoms with E-state index < -0.39 is 5.97 Å². The quantitative estimate of drug-likeness (QED) is 0.745. The van der Waals surface area contributed by atoms with Gasteiger partial charge in [-0.1, -0.05) is 31.2 Å². The van der Waals surface area contributed by atoms with Crippen molar-refractivity contribution in [2.75, 3.05) is 6.54 Å². The second-order valence-corrected chi connectivity index (χ2v) is 7.04. The van der Waals surface area contributed by atoms with Gasteiger partial charge >= 0.3 is 5.97 Å². The number of nitrogens with one attached hydrogen (secondary N) is 1. The summed E-state index contributed by atoms with van der Waals surface area (Å²) in [7, 11) is 0. The van der Waals surface area contributed by atoms with Gasteiger partial charge < -0.3 is 15.0 Å². The highest BCUT2D eigenvalue weighted by Crippen LogP contribution is 2.25. The molecular formula is C22H22N2O3. The number of rotatable bonds is 4. The van der Waals surface area contributed by atoms with E-state index in [-0.39, 0.29) is 11.5 Å². The molecular weight excluding hydrogens is 340 g/mol. The minimum atomic E-state index is -0.938. The fraction of sp³-hybridized carbons (Fsp3) is 0.273. The summed E-state index contributed by atoms with van der Waals surface area (Å²) in [6.07, 6.45) is 3.98. The number of carbonyl (C=O) groups is 2. The van der Waals surface area contributed by atoms with Gasteiger partial charge in [0.05, 0.1) is 12.0 Å². The maximum atomic E-state index is 12.9. The van der Waals surface area contributed by atoms with Gasteiger partial charge in [-0.05, 0) is 47.2 Å². The average molecular weight is 362 g/mol. The van der Waals surface area contributed by atoms with Crippen LogP contribution >= 0.6 is 0 Å². The third kappa shape index (κ3) is 3.21. The van der Waals surface area contributed by atoms with E-state index in [1.54, 1.807) is 12.1 Å². The Balaban J connectivity index is 1.54. The topological polar surface area (TPSA) is 73.4 Å². The number of para-hydroxylation sites is 1. The first-order valence-corrected chi connectivity index (χ1v) is 9.27. The van der Waals surface area contributed by atoms with Crippen LogP contribution in [-0.4, -0.2) is 33.4 Å². The molecule has 5 nitrogen and oxygen atoms in total. The van der Waals surface area contributed by atoms with Gasteiger partial charge in [-0.3, -0.25) is 4.79 Å². The lowest BCUT2D eigenvalue weighted by atomic mass is 9.97. The monoisotopic (exact) mass is 362 g/mol. The Morgan fingerprint density at radius 1 is 1.15 bits per heavy atom. The van der Waals surface area contributed by atoms with Crippen LogP contribution in [0.1, 0.15) is 39.5 Å². The van der Waals surface area contributed by atoms with Gasteiger partial charge in [-0.2, -0.15) is 0 Å². The smallest absolute Gasteiger partial charge is 0.335 e. The molecule has 3 aromatic rings. The third-order valence-electron chi connectivity index (χ3n) is 5.43. The van der Waals surface area contributed by atoms with Gasteiger partial charge in [-0.25, -0.2) is 4.79 Å². The highest BCUT2D eigenvalue weighted by atomic mass is 16.4. The van der Waals surface area contributed by atoms with Crippen LogP contribution in [0.15, 0.2) is 42.6 Å². The number of hydrogen-bond acceptors (Lipinski definition) is 2. The molecule has 0 atom stereocenters. The SMILES string of the molecule is CCc1cccc2c(CC(=O)N3CCc4ccc(C(=O)O)cc4C3)c[nH]c12. The van der Waals surface area contributed by atoms with Gasteiger partial charge in [0.1, 0.15) is 0 Å². The van der Waals surface area contributed by atoms with E-state index in [0.29, 0.717) is 19.5 Å². The maximum Gasteiger partial charge on any atom is 0.335 e. The van der Waals surface area contributed by atoms with E-state index >= 15 is 0 Å². The van der Waals surface area contributed by atoms with Crippen molar-refractivity contribution in [3.05, 3.63) is 70.4 Å². The Bertz CT molecular complexity index is 1040. The number of fused-ring (bicyclic) bond motifs is 2. The zero-order chi connectivity index (χ0) is 19.0. The van der Waals surface area contributed by atoms with Crippen molar-refractivity contribution in [1.29, 1.82) is 0 Å². The molecule has 0 saturated heterocycles. The molecule has 5 heteroatoms. The van der Waals surface area contributed by atoms with E-state index in [0.717, 1.165) is 40.4 Å². The Kier molecular flexibility index (Phi) is 4.44. The lowest BCUT2D eigenvalue weighted by Gasteiger charge is -2.29. The second kappa shape index (κ2) is 6.91. The fourth-order valence-corrected chi connectivity index (χ4v) is 3.89. The number of amides is 1. The number of nitrogens with zero attached hydrogens (tertiary/aromatic N) is 1. The van der Waals surface area contributed by atoms with Crippen LogP contribution in [0.2, 0.25) is 0 Å². The van der Waals surface area contributed by atoms with E-state index in [2.05, 4.69) is 24.0 Å². The van der Waals surface area contributed by atoms with Crippen LogP contribution in [0.5, 0.6) is 0 Å². The lowest BCUT2D eigenvalue weighted by molar-refractivity contribution is -0.131. The maximum absolute atomic E-state index is 12.9. The first-order valence-electron chi connectivity index (χ1n) is 9.27. The second-order valence-electron chi connectivity index (χ2n) is 7.04. The van der Waals surface area contributed by atoms with Crippen molar-refractivity contribution >= 4 is 22.8 Å². The molecule has 0 radical (unpaired) electrons. The highest BCUT2D eigenvalue weighted by Gasteiger charge is 2.22. The largest absolute Gasteiger partial charge is 0.478 e. The van der Waals surface area contributed by atoms with Crippen LogP contribution in [0.3, 0.4) is 0 Å². The third-order valence-corrected chi connectivity index (χ3v) is 5.43. The number of aromatic nitrogens is 1. The summed E-state index contributed by atoms with van der Waals surface area (Å²) in [6.45, 7) is 3.26. The number of carbonyl (C=O) groups excluding carboxylic acids is 1. The number of aromatic carboxylic acids is 1. The van der Waals surface area contributed by atoms with Crippen LogP contribution in [0.4, 0.5) is 0 Å². The summed E-state index contributed by atoms with van der Waals surface area (Å²) < 4.78 is 0. The zero-order valence-corrected chi connectivity index (χ0v) is 15.3. The van der Waals surface area contributed by atoms with E-state index in [1.807, 2.05) is 23.2 Å². The molecule has 0 fully saturated rings. The number of benzene rings is 2. The van der Waals surface area contributed by atoms with Gasteiger partial charge in [0.2, 0.25) is 5.91 Å². The molecule has 4 rings (SSSR count). The van der Waals surface area contributed by atoms with Crippen molar-refractivity contribution in [3.8, 4) is 0 Å². The van der Waals surface area contributed by atoms with Crippen molar-refractivity contribution < 1.29 is 14.7 Å². The van der Waals surface area contributed by atoms with Crippen molar-refractivity contribution in [3.63, 3.8) is 0 Å². The summed E-state index contributed by atoms with van der Waals surface area (Å²) in [4.78, 5) is 29.2. The number of carboxylic acid groups (broad SMARTS) is 1. The van der Waals surface area contributed by atoms with Crippen molar-refractivity contribution in [1.82, 2.24) is 9.88 Å². The number of aryl methyl sites for hydroxylation is 1. The minimum Gasteiger partial charge on any atom is -0.478 e. The predicted octanol–water partition coefficient (Wildman–Crippen LogP) is 3.56. The molecule has 2 N–H and O–H groups in total. The Hall–Kier alpha value is -3.08. The molecule has 1 aromatic heterocycles. The highest BCUT2D eigenvalue weighted by molar-refractivity contribution is 5.91. The summed E-state index contributed by atoms with van der Waals surface area (Å²) in [6, 6.07) is 11.4. The molecule has 2 aromatic carbocycles. The lowest BCUT2D eigenvalue weighted by Crippen LogP contribution is -2.37. The summed E-state index contributed by atoms with van der Waals surface area (Å²) >= 11 is 0. The summed E-state index contributed by atoms with van der Waals surface area (Å²) in [5.74, 6) is -0.865. The van der Waals surface area contributed by atoms with Crippen LogP contribution in [0.25, 0.3) is 10.9 Å². The van der Waals surface area contributed by atoms with E-state index in [1.165, 1.54) is 5.56 Å². The molecule has 0 aliphatic carbocycles. The summed E-state index contributed by atoms with van der Waals surface area (Å²) in [5, 5.41) is 10.3. The van der Waals surface area contributed by atoms with Gasteiger partial charge in [0.15, 0.2) is 0 Å². The summed E-state index contributed by atoms with van der Waals surface area (Å²) in [5.41, 5.74) is 5.70. The number of aromatic amines is 1. The zero-order valence-electron chi connectivity index (χ0n) is 15.3. The molecule has 1 aliphatic rings. The van der Waals surface area contributed by atoms with Crippen LogP contribution in [-0.2, 0) is 30.6 Å².